The molecule has 3 nitrogen and oxygen atoms in total. The van der Waals surface area contributed by atoms with Crippen molar-refractivity contribution in [3.05, 3.63) is 17.5 Å². The molecule has 1 aromatic rings. The Morgan fingerprint density at radius 3 is 2.19 bits per heavy atom. The number of nitrogens with one attached hydrogen (secondary N) is 1. The predicted octanol–water partition coefficient (Wildman–Crippen LogP) is 3.08. The molecule has 2 rings (SSSR count). The van der Waals surface area contributed by atoms with E-state index in [1.165, 1.54) is 25.7 Å². The van der Waals surface area contributed by atoms with Crippen LogP contribution in [0.25, 0.3) is 0 Å². The Morgan fingerprint density at radius 1 is 1.06 bits per heavy atom. The van der Waals surface area contributed by atoms with Gasteiger partial charge < -0.3 is 5.32 Å². The van der Waals surface area contributed by atoms with Gasteiger partial charge in [0, 0.05) is 17.4 Å². The molecule has 1 aromatic heterocycles. The van der Waals surface area contributed by atoms with Gasteiger partial charge in [0.25, 0.3) is 0 Å². The Hall–Kier alpha value is -1.12. The summed E-state index contributed by atoms with van der Waals surface area (Å²) in [6.07, 6.45) is 5.14. The van der Waals surface area contributed by atoms with E-state index in [9.17, 15) is 0 Å². The molecule has 88 valence electrons. The summed E-state index contributed by atoms with van der Waals surface area (Å²) < 4.78 is 0. The lowest BCUT2D eigenvalue weighted by atomic mass is 9.87. The topological polar surface area (TPSA) is 37.8 Å². The van der Waals surface area contributed by atoms with Gasteiger partial charge in [-0.15, -0.1) is 0 Å². The first kappa shape index (κ1) is 11.4. The lowest BCUT2D eigenvalue weighted by Crippen LogP contribution is -2.26. The van der Waals surface area contributed by atoms with Crippen molar-refractivity contribution in [1.29, 1.82) is 0 Å². The summed E-state index contributed by atoms with van der Waals surface area (Å²) in [5.41, 5.74) is 2.08. The van der Waals surface area contributed by atoms with Gasteiger partial charge in [-0.25, -0.2) is 9.97 Å². The fourth-order valence-corrected chi connectivity index (χ4v) is 2.38. The van der Waals surface area contributed by atoms with Crippen LogP contribution < -0.4 is 5.32 Å². The van der Waals surface area contributed by atoms with Crippen LogP contribution >= 0.6 is 0 Å². The molecule has 0 amide bonds. The number of nitrogens with zero attached hydrogens (tertiary/aromatic N) is 2. The number of hydrogen-bond donors (Lipinski definition) is 1. The second kappa shape index (κ2) is 4.81. The molecule has 0 aliphatic heterocycles. The van der Waals surface area contributed by atoms with Crippen molar-refractivity contribution < 1.29 is 0 Å². The van der Waals surface area contributed by atoms with E-state index in [4.69, 9.17) is 0 Å². The monoisotopic (exact) mass is 219 g/mol. The highest BCUT2D eigenvalue weighted by atomic mass is 15.1. The quantitative estimate of drug-likeness (QED) is 0.830. The third-order valence-electron chi connectivity index (χ3n) is 3.33. The largest absolute Gasteiger partial charge is 0.351 e. The van der Waals surface area contributed by atoms with Gasteiger partial charge in [-0.3, -0.25) is 0 Å². The van der Waals surface area contributed by atoms with E-state index in [1.54, 1.807) is 0 Å². The first-order chi connectivity index (χ1) is 7.63. The van der Waals surface area contributed by atoms with Crippen LogP contribution in [0.1, 0.15) is 44.0 Å². The molecule has 0 radical (unpaired) electrons. The summed E-state index contributed by atoms with van der Waals surface area (Å²) in [5, 5.41) is 3.46. The molecule has 1 heterocycles. The molecule has 1 fully saturated rings. The van der Waals surface area contributed by atoms with Crippen LogP contribution in [0.15, 0.2) is 6.07 Å². The standard InChI is InChI=1S/C13H21N3/c1-9-4-6-12(7-5-9)16-13-14-10(2)8-11(3)15-13/h8-9,12H,4-7H2,1-3H3,(H,14,15,16). The maximum atomic E-state index is 4.42. The summed E-state index contributed by atoms with van der Waals surface area (Å²) >= 11 is 0. The Morgan fingerprint density at radius 2 is 1.62 bits per heavy atom. The van der Waals surface area contributed by atoms with Crippen molar-refractivity contribution in [3.8, 4) is 0 Å². The number of aromatic nitrogens is 2. The van der Waals surface area contributed by atoms with Gasteiger partial charge in [0.2, 0.25) is 5.95 Å². The second-order valence-corrected chi connectivity index (χ2v) is 5.08. The zero-order valence-corrected chi connectivity index (χ0v) is 10.5. The maximum absolute atomic E-state index is 4.42. The fraction of sp³-hybridized carbons (Fsp3) is 0.692. The average molecular weight is 219 g/mol. The highest BCUT2D eigenvalue weighted by molar-refractivity contribution is 5.29. The number of hydrogen-bond acceptors (Lipinski definition) is 3. The number of rotatable bonds is 2. The van der Waals surface area contributed by atoms with Crippen LogP contribution in [-0.4, -0.2) is 16.0 Å². The summed E-state index contributed by atoms with van der Waals surface area (Å²) in [6.45, 7) is 6.37. The van der Waals surface area contributed by atoms with Crippen molar-refractivity contribution in [2.75, 3.05) is 5.32 Å². The van der Waals surface area contributed by atoms with E-state index >= 15 is 0 Å². The zero-order valence-electron chi connectivity index (χ0n) is 10.5. The molecule has 1 N–H and O–H groups in total. The molecule has 0 bridgehead atoms. The molecule has 0 aromatic carbocycles. The van der Waals surface area contributed by atoms with Crippen molar-refractivity contribution in [3.63, 3.8) is 0 Å². The molecule has 0 saturated heterocycles. The minimum absolute atomic E-state index is 0.567. The van der Waals surface area contributed by atoms with Gasteiger partial charge in [0.1, 0.15) is 0 Å². The zero-order chi connectivity index (χ0) is 11.5. The molecule has 0 unspecified atom stereocenters. The predicted molar refractivity (Wildman–Crippen MR) is 66.5 cm³/mol. The van der Waals surface area contributed by atoms with Crippen LogP contribution in [0, 0.1) is 19.8 Å². The molecule has 16 heavy (non-hydrogen) atoms. The SMILES string of the molecule is Cc1cc(C)nc(NC2CCC(C)CC2)n1. The first-order valence-corrected chi connectivity index (χ1v) is 6.22. The van der Waals surface area contributed by atoms with E-state index in [0.717, 1.165) is 23.3 Å². The summed E-state index contributed by atoms with van der Waals surface area (Å²) in [6, 6.07) is 2.58. The van der Waals surface area contributed by atoms with Crippen molar-refractivity contribution in [2.45, 2.75) is 52.5 Å². The number of anilines is 1. The molecular weight excluding hydrogens is 198 g/mol. The summed E-state index contributed by atoms with van der Waals surface area (Å²) in [4.78, 5) is 8.85. The summed E-state index contributed by atoms with van der Waals surface area (Å²) in [7, 11) is 0. The van der Waals surface area contributed by atoms with Crippen molar-refractivity contribution in [1.82, 2.24) is 9.97 Å². The molecule has 1 aliphatic rings. The van der Waals surface area contributed by atoms with E-state index < -0.39 is 0 Å². The van der Waals surface area contributed by atoms with Crippen molar-refractivity contribution >= 4 is 5.95 Å². The minimum atomic E-state index is 0.567. The van der Waals surface area contributed by atoms with Gasteiger partial charge in [-0.2, -0.15) is 0 Å². The van der Waals surface area contributed by atoms with E-state index in [1.807, 2.05) is 19.9 Å². The third kappa shape index (κ3) is 2.94. The molecule has 0 spiro atoms. The molecule has 0 atom stereocenters. The van der Waals surface area contributed by atoms with E-state index in [0.29, 0.717) is 6.04 Å². The second-order valence-electron chi connectivity index (χ2n) is 5.08. The van der Waals surface area contributed by atoms with Gasteiger partial charge in [-0.1, -0.05) is 6.92 Å². The maximum Gasteiger partial charge on any atom is 0.223 e. The Kier molecular flexibility index (Phi) is 3.42. The molecular formula is C13H21N3. The van der Waals surface area contributed by atoms with Crippen LogP contribution in [0.3, 0.4) is 0 Å². The molecule has 1 aliphatic carbocycles. The van der Waals surface area contributed by atoms with E-state index in [2.05, 4.69) is 22.2 Å². The van der Waals surface area contributed by atoms with Crippen LogP contribution in [0.5, 0.6) is 0 Å². The highest BCUT2D eigenvalue weighted by Crippen LogP contribution is 2.25. The summed E-state index contributed by atoms with van der Waals surface area (Å²) in [5.74, 6) is 1.69. The smallest absolute Gasteiger partial charge is 0.223 e. The lowest BCUT2D eigenvalue weighted by molar-refractivity contribution is 0.360. The molecule has 3 heteroatoms. The lowest BCUT2D eigenvalue weighted by Gasteiger charge is -2.26. The van der Waals surface area contributed by atoms with Gasteiger partial charge in [-0.05, 0) is 51.5 Å². The van der Waals surface area contributed by atoms with Gasteiger partial charge in [0.05, 0.1) is 0 Å². The van der Waals surface area contributed by atoms with Crippen LogP contribution in [-0.2, 0) is 0 Å². The molecule has 1 saturated carbocycles. The normalized spacial score (nSPS) is 25.4. The highest BCUT2D eigenvalue weighted by Gasteiger charge is 2.18. The van der Waals surface area contributed by atoms with E-state index in [-0.39, 0.29) is 0 Å². The first-order valence-electron chi connectivity index (χ1n) is 6.22. The van der Waals surface area contributed by atoms with Crippen LogP contribution in [0.2, 0.25) is 0 Å². The van der Waals surface area contributed by atoms with Gasteiger partial charge >= 0.3 is 0 Å². The Labute approximate surface area is 97.7 Å². The van der Waals surface area contributed by atoms with Crippen LogP contribution in [0.4, 0.5) is 5.95 Å². The number of aryl methyl sites for hydroxylation is 2. The van der Waals surface area contributed by atoms with Crippen molar-refractivity contribution in [2.24, 2.45) is 5.92 Å². The Balaban J connectivity index is 1.98. The average Bonchev–Trinajstić information content (AvgIpc) is 2.20. The third-order valence-corrected chi connectivity index (χ3v) is 3.33. The van der Waals surface area contributed by atoms with Gasteiger partial charge in [0.15, 0.2) is 0 Å². The minimum Gasteiger partial charge on any atom is -0.351 e. The Bertz CT molecular complexity index is 334. The fourth-order valence-electron chi connectivity index (χ4n) is 2.38.